The number of benzene rings is 1. The fraction of sp³-hybridized carbons (Fsp3) is 0.364. The van der Waals surface area contributed by atoms with E-state index in [1.165, 1.54) is 18.2 Å². The Morgan fingerprint density at radius 3 is 2.29 bits per heavy atom. The van der Waals surface area contributed by atoms with Crippen LogP contribution in [0.3, 0.4) is 0 Å². The molecule has 0 fully saturated rings. The Kier molecular flexibility index (Phi) is 2.51. The highest BCUT2D eigenvalue weighted by Crippen LogP contribution is 2.29. The first-order chi connectivity index (χ1) is 6.32. The summed E-state index contributed by atoms with van der Waals surface area (Å²) in [6.45, 7) is 5.29. The van der Waals surface area contributed by atoms with Crippen LogP contribution in [0.25, 0.3) is 0 Å². The molecule has 1 rings (SSSR count). The standard InChI is InChI=1S/C11H14O3/c1-11(2,3)10(14)8-6-7(12)4-5-9(8)13/h4-6,12-13H,1-3H3. The van der Waals surface area contributed by atoms with E-state index in [4.69, 9.17) is 0 Å². The molecule has 0 aliphatic carbocycles. The molecular weight excluding hydrogens is 180 g/mol. The van der Waals surface area contributed by atoms with Gasteiger partial charge in [0.25, 0.3) is 0 Å². The number of phenolic OH excluding ortho intramolecular Hbond substituents is 2. The molecule has 3 heteroatoms. The van der Waals surface area contributed by atoms with Gasteiger partial charge in [-0.3, -0.25) is 4.79 Å². The van der Waals surface area contributed by atoms with Crippen molar-refractivity contribution in [1.29, 1.82) is 0 Å². The molecule has 0 atom stereocenters. The van der Waals surface area contributed by atoms with Gasteiger partial charge in [-0.05, 0) is 18.2 Å². The maximum absolute atomic E-state index is 11.8. The lowest BCUT2D eigenvalue weighted by molar-refractivity contribution is 0.0855. The van der Waals surface area contributed by atoms with E-state index in [0.29, 0.717) is 0 Å². The van der Waals surface area contributed by atoms with Crippen molar-refractivity contribution in [2.45, 2.75) is 20.8 Å². The van der Waals surface area contributed by atoms with Gasteiger partial charge < -0.3 is 10.2 Å². The Labute approximate surface area is 83.0 Å². The van der Waals surface area contributed by atoms with Crippen molar-refractivity contribution in [3.05, 3.63) is 23.8 Å². The monoisotopic (exact) mass is 194 g/mol. The summed E-state index contributed by atoms with van der Waals surface area (Å²) >= 11 is 0. The molecule has 76 valence electrons. The van der Waals surface area contributed by atoms with Crippen LogP contribution in [0.15, 0.2) is 18.2 Å². The molecule has 0 aromatic heterocycles. The second-order valence-electron chi connectivity index (χ2n) is 4.28. The molecule has 0 bridgehead atoms. The van der Waals surface area contributed by atoms with Crippen molar-refractivity contribution >= 4 is 5.78 Å². The summed E-state index contributed by atoms with van der Waals surface area (Å²) in [5.74, 6) is -0.302. The SMILES string of the molecule is CC(C)(C)C(=O)c1cc(O)ccc1O. The molecule has 1 aromatic carbocycles. The number of Topliss-reactive ketones (excluding diaryl/α,β-unsaturated/α-hetero) is 1. The molecule has 14 heavy (non-hydrogen) atoms. The third-order valence-electron chi connectivity index (χ3n) is 1.91. The zero-order chi connectivity index (χ0) is 10.9. The number of rotatable bonds is 1. The van der Waals surface area contributed by atoms with E-state index >= 15 is 0 Å². The van der Waals surface area contributed by atoms with E-state index in [-0.39, 0.29) is 22.8 Å². The maximum atomic E-state index is 11.8. The summed E-state index contributed by atoms with van der Waals surface area (Å²) in [6, 6.07) is 3.94. The van der Waals surface area contributed by atoms with Crippen LogP contribution < -0.4 is 0 Å². The number of aromatic hydroxyl groups is 2. The van der Waals surface area contributed by atoms with E-state index in [1.807, 2.05) is 0 Å². The molecule has 0 saturated heterocycles. The summed E-state index contributed by atoms with van der Waals surface area (Å²) in [7, 11) is 0. The number of hydrogen-bond donors (Lipinski definition) is 2. The predicted molar refractivity (Wildman–Crippen MR) is 53.6 cm³/mol. The van der Waals surface area contributed by atoms with E-state index in [0.717, 1.165) is 0 Å². The molecule has 2 N–H and O–H groups in total. The van der Waals surface area contributed by atoms with Crippen molar-refractivity contribution in [2.24, 2.45) is 5.41 Å². The largest absolute Gasteiger partial charge is 0.508 e. The molecule has 0 radical (unpaired) electrons. The second-order valence-corrected chi connectivity index (χ2v) is 4.28. The van der Waals surface area contributed by atoms with Gasteiger partial charge in [-0.1, -0.05) is 20.8 Å². The molecule has 0 unspecified atom stereocenters. The Morgan fingerprint density at radius 1 is 1.21 bits per heavy atom. The summed E-state index contributed by atoms with van der Waals surface area (Å²) in [4.78, 5) is 11.8. The third kappa shape index (κ3) is 2.05. The molecule has 1 aromatic rings. The summed E-state index contributed by atoms with van der Waals surface area (Å²) in [5, 5.41) is 18.6. The molecule has 0 spiro atoms. The first kappa shape index (κ1) is 10.6. The van der Waals surface area contributed by atoms with E-state index < -0.39 is 5.41 Å². The lowest BCUT2D eigenvalue weighted by Gasteiger charge is -2.17. The Hall–Kier alpha value is -1.51. The van der Waals surface area contributed by atoms with Crippen molar-refractivity contribution in [1.82, 2.24) is 0 Å². The van der Waals surface area contributed by atoms with Gasteiger partial charge in [0.15, 0.2) is 5.78 Å². The number of phenols is 2. The van der Waals surface area contributed by atoms with Crippen molar-refractivity contribution in [3.63, 3.8) is 0 Å². The van der Waals surface area contributed by atoms with Crippen LogP contribution in [0.5, 0.6) is 11.5 Å². The van der Waals surface area contributed by atoms with Gasteiger partial charge in [-0.2, -0.15) is 0 Å². The first-order valence-corrected chi connectivity index (χ1v) is 4.39. The highest BCUT2D eigenvalue weighted by Gasteiger charge is 2.25. The topological polar surface area (TPSA) is 57.5 Å². The predicted octanol–water partition coefficient (Wildman–Crippen LogP) is 2.33. The first-order valence-electron chi connectivity index (χ1n) is 4.39. The number of hydrogen-bond acceptors (Lipinski definition) is 3. The fourth-order valence-electron chi connectivity index (χ4n) is 1.11. The van der Waals surface area contributed by atoms with Crippen LogP contribution in [-0.2, 0) is 0 Å². The minimum absolute atomic E-state index is 0.0181. The van der Waals surface area contributed by atoms with Crippen LogP contribution in [-0.4, -0.2) is 16.0 Å². The minimum Gasteiger partial charge on any atom is -0.508 e. The molecule has 0 saturated carbocycles. The van der Waals surface area contributed by atoms with Gasteiger partial charge in [-0.25, -0.2) is 0 Å². The Morgan fingerprint density at radius 2 is 1.79 bits per heavy atom. The van der Waals surface area contributed by atoms with Crippen LogP contribution in [0, 0.1) is 5.41 Å². The number of ketones is 1. The van der Waals surface area contributed by atoms with Crippen molar-refractivity contribution in [3.8, 4) is 11.5 Å². The smallest absolute Gasteiger partial charge is 0.172 e. The van der Waals surface area contributed by atoms with E-state index in [1.54, 1.807) is 20.8 Å². The van der Waals surface area contributed by atoms with Gasteiger partial charge >= 0.3 is 0 Å². The average molecular weight is 194 g/mol. The number of carbonyl (C=O) groups is 1. The molecule has 0 amide bonds. The van der Waals surface area contributed by atoms with Gasteiger partial charge in [0.05, 0.1) is 5.56 Å². The molecule has 0 aliphatic rings. The van der Waals surface area contributed by atoms with Crippen LogP contribution in [0.2, 0.25) is 0 Å². The summed E-state index contributed by atoms with van der Waals surface area (Å²) in [5.41, 5.74) is -0.400. The van der Waals surface area contributed by atoms with E-state index in [9.17, 15) is 15.0 Å². The molecule has 3 nitrogen and oxygen atoms in total. The quantitative estimate of drug-likeness (QED) is 0.533. The van der Waals surface area contributed by atoms with Crippen LogP contribution in [0.1, 0.15) is 31.1 Å². The third-order valence-corrected chi connectivity index (χ3v) is 1.91. The highest BCUT2D eigenvalue weighted by molar-refractivity contribution is 6.02. The van der Waals surface area contributed by atoms with Gasteiger partial charge in [-0.15, -0.1) is 0 Å². The minimum atomic E-state index is -0.564. The Balaban J connectivity index is 3.19. The van der Waals surface area contributed by atoms with Crippen molar-refractivity contribution in [2.75, 3.05) is 0 Å². The highest BCUT2D eigenvalue weighted by atomic mass is 16.3. The van der Waals surface area contributed by atoms with E-state index in [2.05, 4.69) is 0 Å². The lowest BCUT2D eigenvalue weighted by atomic mass is 9.86. The molecular formula is C11H14O3. The van der Waals surface area contributed by atoms with Crippen molar-refractivity contribution < 1.29 is 15.0 Å². The normalized spacial score (nSPS) is 11.4. The zero-order valence-corrected chi connectivity index (χ0v) is 8.53. The van der Waals surface area contributed by atoms with Crippen LogP contribution in [0.4, 0.5) is 0 Å². The zero-order valence-electron chi connectivity index (χ0n) is 8.53. The number of carbonyl (C=O) groups excluding carboxylic acids is 1. The molecule has 0 heterocycles. The van der Waals surface area contributed by atoms with Gasteiger partial charge in [0.2, 0.25) is 0 Å². The average Bonchev–Trinajstić information content (AvgIpc) is 2.06. The summed E-state index contributed by atoms with van der Waals surface area (Å²) < 4.78 is 0. The maximum Gasteiger partial charge on any atom is 0.172 e. The lowest BCUT2D eigenvalue weighted by Crippen LogP contribution is -2.20. The molecule has 0 aliphatic heterocycles. The fourth-order valence-corrected chi connectivity index (χ4v) is 1.11. The summed E-state index contributed by atoms with van der Waals surface area (Å²) in [6.07, 6.45) is 0. The van der Waals surface area contributed by atoms with Gasteiger partial charge in [0, 0.05) is 5.41 Å². The Bertz CT molecular complexity index is 361. The van der Waals surface area contributed by atoms with Crippen LogP contribution >= 0.6 is 0 Å². The van der Waals surface area contributed by atoms with Gasteiger partial charge in [0.1, 0.15) is 11.5 Å². The second kappa shape index (κ2) is 3.33.